The smallest absolute Gasteiger partial charge is 0.0110 e. The summed E-state index contributed by atoms with van der Waals surface area (Å²) in [4.78, 5) is 1.35. The number of hydrogen-bond donors (Lipinski definition) is 1. The van der Waals surface area contributed by atoms with Gasteiger partial charge in [0, 0.05) is 11.4 Å². The van der Waals surface area contributed by atoms with Gasteiger partial charge in [0.25, 0.3) is 0 Å². The van der Waals surface area contributed by atoms with Crippen molar-refractivity contribution in [3.63, 3.8) is 0 Å². The zero-order valence-corrected chi connectivity index (χ0v) is 11.0. The van der Waals surface area contributed by atoms with Crippen LogP contribution in [0.1, 0.15) is 25.8 Å². The molecule has 0 aliphatic rings. The molecule has 0 amide bonds. The van der Waals surface area contributed by atoms with E-state index in [1.165, 1.54) is 22.6 Å². The summed E-state index contributed by atoms with van der Waals surface area (Å²) in [6, 6.07) is 8.65. The fourth-order valence-corrected chi connectivity index (χ4v) is 2.45. The van der Waals surface area contributed by atoms with Gasteiger partial charge in [-0.2, -0.15) is 0 Å². The second-order valence-electron chi connectivity index (χ2n) is 4.24. The molecule has 0 aliphatic heterocycles. The van der Waals surface area contributed by atoms with Gasteiger partial charge < -0.3 is 5.73 Å². The number of nitrogens with two attached hydrogens (primary N) is 1. The lowest BCUT2D eigenvalue weighted by Gasteiger charge is -2.04. The molecule has 0 spiro atoms. The van der Waals surface area contributed by atoms with Crippen LogP contribution in [-0.4, -0.2) is 12.3 Å². The molecule has 0 saturated heterocycles. The molecular formula is C14H21NS. The van der Waals surface area contributed by atoms with E-state index in [0.29, 0.717) is 6.54 Å². The third-order valence-corrected chi connectivity index (χ3v) is 3.34. The van der Waals surface area contributed by atoms with E-state index in [0.717, 1.165) is 5.92 Å². The molecule has 1 aromatic carbocycles. The van der Waals surface area contributed by atoms with Crippen molar-refractivity contribution in [3.8, 4) is 0 Å². The first-order valence-corrected chi connectivity index (χ1v) is 6.80. The summed E-state index contributed by atoms with van der Waals surface area (Å²) in [7, 11) is 0. The minimum atomic E-state index is 0.602. The van der Waals surface area contributed by atoms with E-state index in [1.54, 1.807) is 0 Å². The van der Waals surface area contributed by atoms with Gasteiger partial charge in [-0.25, -0.2) is 0 Å². The molecule has 0 heterocycles. The van der Waals surface area contributed by atoms with Crippen molar-refractivity contribution in [2.75, 3.05) is 12.3 Å². The lowest BCUT2D eigenvalue weighted by molar-refractivity contribution is 0.632. The molecule has 2 N–H and O–H groups in total. The van der Waals surface area contributed by atoms with Crippen LogP contribution < -0.4 is 5.73 Å². The van der Waals surface area contributed by atoms with Gasteiger partial charge in [-0.3, -0.25) is 0 Å². The fraction of sp³-hybridized carbons (Fsp3) is 0.429. The third-order valence-electron chi connectivity index (χ3n) is 2.29. The molecule has 2 heteroatoms. The highest BCUT2D eigenvalue weighted by Gasteiger charge is 1.96. The summed E-state index contributed by atoms with van der Waals surface area (Å²) < 4.78 is 0. The van der Waals surface area contributed by atoms with E-state index >= 15 is 0 Å². The molecule has 0 bridgehead atoms. The van der Waals surface area contributed by atoms with Gasteiger partial charge in [0.05, 0.1) is 0 Å². The molecule has 0 unspecified atom stereocenters. The van der Waals surface area contributed by atoms with Crippen LogP contribution in [0.3, 0.4) is 0 Å². The maximum atomic E-state index is 5.41. The van der Waals surface area contributed by atoms with E-state index < -0.39 is 0 Å². The van der Waals surface area contributed by atoms with E-state index in [-0.39, 0.29) is 0 Å². The Morgan fingerprint density at radius 1 is 1.25 bits per heavy atom. The Hall–Kier alpha value is -0.730. The summed E-state index contributed by atoms with van der Waals surface area (Å²) in [5, 5.41) is 0. The molecule has 0 saturated carbocycles. The van der Waals surface area contributed by atoms with Crippen molar-refractivity contribution in [1.29, 1.82) is 0 Å². The summed E-state index contributed by atoms with van der Waals surface area (Å²) in [5.41, 5.74) is 6.63. The first kappa shape index (κ1) is 13.3. The highest BCUT2D eigenvalue weighted by Crippen LogP contribution is 2.21. The number of thioether (sulfide) groups is 1. The molecule has 1 rings (SSSR count). The summed E-state index contributed by atoms with van der Waals surface area (Å²) >= 11 is 1.93. The van der Waals surface area contributed by atoms with Crippen LogP contribution in [0, 0.1) is 5.92 Å². The standard InChI is InChI=1S/C14H21NS/c1-12(2)9-11-16-14-7-5-13(6-8-14)4-3-10-15/h3-8,12H,9-11,15H2,1-2H3. The van der Waals surface area contributed by atoms with Crippen LogP contribution in [0.2, 0.25) is 0 Å². The predicted octanol–water partition coefficient (Wildman–Crippen LogP) is 3.80. The largest absolute Gasteiger partial charge is 0.327 e. The lowest BCUT2D eigenvalue weighted by Crippen LogP contribution is -1.91. The maximum absolute atomic E-state index is 5.41. The predicted molar refractivity (Wildman–Crippen MR) is 74.7 cm³/mol. The Labute approximate surface area is 103 Å². The van der Waals surface area contributed by atoms with Crippen molar-refractivity contribution in [2.24, 2.45) is 11.7 Å². The van der Waals surface area contributed by atoms with E-state index in [4.69, 9.17) is 5.73 Å². The first-order valence-electron chi connectivity index (χ1n) is 5.82. The molecule has 1 nitrogen and oxygen atoms in total. The SMILES string of the molecule is CC(C)CCSc1ccc(C=CCN)cc1. The number of hydrogen-bond acceptors (Lipinski definition) is 2. The van der Waals surface area contributed by atoms with Crippen LogP contribution in [0.5, 0.6) is 0 Å². The second kappa shape index (κ2) is 7.53. The van der Waals surface area contributed by atoms with Crippen LogP contribution in [-0.2, 0) is 0 Å². The molecule has 1 aromatic rings. The zero-order valence-electron chi connectivity index (χ0n) is 10.1. The van der Waals surface area contributed by atoms with Gasteiger partial charge in [0.1, 0.15) is 0 Å². The molecule has 0 radical (unpaired) electrons. The van der Waals surface area contributed by atoms with Crippen LogP contribution in [0.25, 0.3) is 6.08 Å². The highest BCUT2D eigenvalue weighted by molar-refractivity contribution is 7.99. The quantitative estimate of drug-likeness (QED) is 0.759. The van der Waals surface area contributed by atoms with Crippen molar-refractivity contribution >= 4 is 17.8 Å². The topological polar surface area (TPSA) is 26.0 Å². The average molecular weight is 235 g/mol. The molecule has 88 valence electrons. The summed E-state index contributed by atoms with van der Waals surface area (Å²) in [6.45, 7) is 5.13. The third kappa shape index (κ3) is 5.38. The Morgan fingerprint density at radius 2 is 1.94 bits per heavy atom. The zero-order chi connectivity index (χ0) is 11.8. The van der Waals surface area contributed by atoms with Crippen LogP contribution in [0.15, 0.2) is 35.2 Å². The Balaban J connectivity index is 2.42. The normalized spacial score (nSPS) is 11.5. The van der Waals surface area contributed by atoms with Gasteiger partial charge in [-0.15, -0.1) is 11.8 Å². The van der Waals surface area contributed by atoms with Crippen molar-refractivity contribution in [2.45, 2.75) is 25.2 Å². The van der Waals surface area contributed by atoms with Gasteiger partial charge >= 0.3 is 0 Å². The summed E-state index contributed by atoms with van der Waals surface area (Å²) in [5.74, 6) is 2.00. The lowest BCUT2D eigenvalue weighted by atomic mass is 10.2. The molecule has 0 aliphatic carbocycles. The van der Waals surface area contributed by atoms with E-state index in [1.807, 2.05) is 17.8 Å². The van der Waals surface area contributed by atoms with Crippen LogP contribution in [0.4, 0.5) is 0 Å². The maximum Gasteiger partial charge on any atom is 0.0110 e. The van der Waals surface area contributed by atoms with Crippen molar-refractivity contribution in [3.05, 3.63) is 35.9 Å². The first-order chi connectivity index (χ1) is 7.72. The fourth-order valence-electron chi connectivity index (χ4n) is 1.29. The van der Waals surface area contributed by atoms with Gasteiger partial charge in [0.15, 0.2) is 0 Å². The van der Waals surface area contributed by atoms with Gasteiger partial charge in [-0.05, 0) is 35.8 Å². The van der Waals surface area contributed by atoms with Crippen molar-refractivity contribution in [1.82, 2.24) is 0 Å². The van der Waals surface area contributed by atoms with Crippen molar-refractivity contribution < 1.29 is 0 Å². The number of benzene rings is 1. The minimum absolute atomic E-state index is 0.602. The van der Waals surface area contributed by atoms with Gasteiger partial charge in [0.2, 0.25) is 0 Å². The monoisotopic (exact) mass is 235 g/mol. The number of rotatable bonds is 6. The Morgan fingerprint density at radius 3 is 2.50 bits per heavy atom. The molecule has 0 atom stereocenters. The van der Waals surface area contributed by atoms with E-state index in [2.05, 4.69) is 44.2 Å². The average Bonchev–Trinajstić information content (AvgIpc) is 2.27. The minimum Gasteiger partial charge on any atom is -0.327 e. The Bertz CT molecular complexity index is 314. The Kier molecular flexibility index (Phi) is 6.27. The second-order valence-corrected chi connectivity index (χ2v) is 5.41. The van der Waals surface area contributed by atoms with Gasteiger partial charge in [-0.1, -0.05) is 38.1 Å². The molecule has 16 heavy (non-hydrogen) atoms. The molecule has 0 fully saturated rings. The molecular weight excluding hydrogens is 214 g/mol. The van der Waals surface area contributed by atoms with Crippen LogP contribution >= 0.6 is 11.8 Å². The highest BCUT2D eigenvalue weighted by atomic mass is 32.2. The molecule has 0 aromatic heterocycles. The van der Waals surface area contributed by atoms with E-state index in [9.17, 15) is 0 Å². The summed E-state index contributed by atoms with van der Waals surface area (Å²) in [6.07, 6.45) is 5.31.